The molecule has 1 saturated carbocycles. The van der Waals surface area contributed by atoms with Gasteiger partial charge in [0.25, 0.3) is 11.5 Å². The van der Waals surface area contributed by atoms with E-state index < -0.39 is 0 Å². The number of amides is 1. The van der Waals surface area contributed by atoms with E-state index in [2.05, 4.69) is 9.88 Å². The molecule has 2 fully saturated rings. The molecule has 0 spiro atoms. The van der Waals surface area contributed by atoms with Crippen molar-refractivity contribution >= 4 is 27.5 Å². The Morgan fingerprint density at radius 2 is 1.88 bits per heavy atom. The van der Waals surface area contributed by atoms with Crippen molar-refractivity contribution in [3.63, 3.8) is 0 Å². The zero-order valence-corrected chi connectivity index (χ0v) is 15.6. The molecule has 2 aliphatic rings. The van der Waals surface area contributed by atoms with Crippen molar-refractivity contribution in [1.82, 2.24) is 19.4 Å². The lowest BCUT2D eigenvalue weighted by Gasteiger charge is -2.38. The molecular formula is C18H24N4O2S. The van der Waals surface area contributed by atoms with Crippen LogP contribution in [0.3, 0.4) is 0 Å². The molecule has 0 aromatic carbocycles. The van der Waals surface area contributed by atoms with Crippen LogP contribution in [0.2, 0.25) is 0 Å². The van der Waals surface area contributed by atoms with Crippen LogP contribution in [0.5, 0.6) is 0 Å². The first kappa shape index (κ1) is 16.7. The van der Waals surface area contributed by atoms with E-state index in [1.807, 2.05) is 11.8 Å². The van der Waals surface area contributed by atoms with E-state index in [1.54, 1.807) is 7.05 Å². The van der Waals surface area contributed by atoms with Crippen molar-refractivity contribution in [2.75, 3.05) is 26.2 Å². The molecule has 2 aromatic heterocycles. The number of rotatable bonds is 2. The summed E-state index contributed by atoms with van der Waals surface area (Å²) in [5.41, 5.74) is 0.695. The zero-order chi connectivity index (χ0) is 17.6. The second-order valence-electron chi connectivity index (χ2n) is 7.16. The molecule has 1 amide bonds. The average molecular weight is 360 g/mol. The quantitative estimate of drug-likeness (QED) is 0.822. The minimum absolute atomic E-state index is 0.0497. The predicted octanol–water partition coefficient (Wildman–Crippen LogP) is 2.00. The monoisotopic (exact) mass is 360 g/mol. The van der Waals surface area contributed by atoms with Crippen LogP contribution in [-0.2, 0) is 7.05 Å². The molecule has 1 aliphatic carbocycles. The third-order valence-corrected chi connectivity index (χ3v) is 6.84. The van der Waals surface area contributed by atoms with Gasteiger partial charge in [-0.3, -0.25) is 14.5 Å². The first-order valence-electron chi connectivity index (χ1n) is 9.04. The van der Waals surface area contributed by atoms with Gasteiger partial charge in [0.05, 0.1) is 16.6 Å². The molecule has 0 bridgehead atoms. The zero-order valence-electron chi connectivity index (χ0n) is 14.8. The number of nitrogens with zero attached hydrogens (tertiary/aromatic N) is 4. The normalized spacial score (nSPS) is 19.8. The molecule has 0 unspecified atom stereocenters. The highest BCUT2D eigenvalue weighted by Gasteiger charge is 2.30. The molecule has 1 saturated heterocycles. The maximum absolute atomic E-state index is 13.0. The molecular weight excluding hydrogens is 336 g/mol. The molecule has 0 radical (unpaired) electrons. The van der Waals surface area contributed by atoms with Gasteiger partial charge in [-0.2, -0.15) is 0 Å². The van der Waals surface area contributed by atoms with E-state index in [9.17, 15) is 9.59 Å². The topological polar surface area (TPSA) is 58.4 Å². The van der Waals surface area contributed by atoms with E-state index in [-0.39, 0.29) is 11.5 Å². The van der Waals surface area contributed by atoms with E-state index >= 15 is 0 Å². The van der Waals surface area contributed by atoms with E-state index in [1.165, 1.54) is 47.9 Å². The highest BCUT2D eigenvalue weighted by Crippen LogP contribution is 2.29. The maximum Gasteiger partial charge on any atom is 0.264 e. The molecule has 0 N–H and O–H groups in total. The number of aromatic nitrogens is 2. The largest absolute Gasteiger partial charge is 0.335 e. The number of fused-ring (bicyclic) bond motifs is 1. The summed E-state index contributed by atoms with van der Waals surface area (Å²) in [6.07, 6.45) is 6.81. The van der Waals surface area contributed by atoms with Crippen LogP contribution >= 0.6 is 11.3 Å². The Balaban J connectivity index is 1.54. The van der Waals surface area contributed by atoms with Crippen LogP contribution < -0.4 is 5.56 Å². The molecule has 1 aliphatic heterocycles. The van der Waals surface area contributed by atoms with Gasteiger partial charge < -0.3 is 9.47 Å². The standard InChI is InChI=1S/C18H24N4O2S/c1-12-14-16(19-11-20(2)17(14)23)25-15(12)18(24)22-9-7-21(8-10-22)13-5-3-4-6-13/h11,13H,3-10H2,1-2H3. The Labute approximate surface area is 151 Å². The van der Waals surface area contributed by atoms with Crippen LogP contribution in [0, 0.1) is 6.92 Å². The van der Waals surface area contributed by atoms with Crippen molar-refractivity contribution < 1.29 is 4.79 Å². The summed E-state index contributed by atoms with van der Waals surface area (Å²) in [5, 5.41) is 0.586. The van der Waals surface area contributed by atoms with Gasteiger partial charge in [0.1, 0.15) is 4.83 Å². The Morgan fingerprint density at radius 1 is 1.20 bits per heavy atom. The molecule has 25 heavy (non-hydrogen) atoms. The van der Waals surface area contributed by atoms with Gasteiger partial charge in [-0.05, 0) is 25.3 Å². The van der Waals surface area contributed by atoms with Gasteiger partial charge >= 0.3 is 0 Å². The first-order valence-corrected chi connectivity index (χ1v) is 9.86. The highest BCUT2D eigenvalue weighted by atomic mass is 32.1. The number of hydrogen-bond acceptors (Lipinski definition) is 5. The first-order chi connectivity index (χ1) is 12.1. The van der Waals surface area contributed by atoms with Crippen molar-refractivity contribution in [3.8, 4) is 0 Å². The number of carbonyl (C=O) groups is 1. The minimum Gasteiger partial charge on any atom is -0.335 e. The van der Waals surface area contributed by atoms with Crippen molar-refractivity contribution in [2.45, 2.75) is 38.6 Å². The Bertz CT molecular complexity index is 858. The third-order valence-electron chi connectivity index (χ3n) is 5.65. The van der Waals surface area contributed by atoms with Crippen LogP contribution in [0.15, 0.2) is 11.1 Å². The van der Waals surface area contributed by atoms with Crippen LogP contribution in [0.1, 0.15) is 40.9 Å². The fraction of sp³-hybridized carbons (Fsp3) is 0.611. The SMILES string of the molecule is Cc1c(C(=O)N2CCN(C3CCCC3)CC2)sc2ncn(C)c(=O)c12. The van der Waals surface area contributed by atoms with Crippen LogP contribution in [-0.4, -0.2) is 57.5 Å². The molecule has 134 valence electrons. The number of carbonyl (C=O) groups excluding carboxylic acids is 1. The molecule has 2 aromatic rings. The summed E-state index contributed by atoms with van der Waals surface area (Å²) in [6.45, 7) is 5.33. The Kier molecular flexibility index (Phi) is 4.37. The van der Waals surface area contributed by atoms with Crippen molar-refractivity contribution in [1.29, 1.82) is 0 Å². The van der Waals surface area contributed by atoms with Crippen molar-refractivity contribution in [2.24, 2.45) is 7.05 Å². The van der Waals surface area contributed by atoms with Gasteiger partial charge in [-0.15, -0.1) is 11.3 Å². The van der Waals surface area contributed by atoms with Crippen LogP contribution in [0.25, 0.3) is 10.2 Å². The molecule has 4 rings (SSSR count). The summed E-state index contributed by atoms with van der Waals surface area (Å²) < 4.78 is 1.47. The summed E-state index contributed by atoms with van der Waals surface area (Å²) in [4.78, 5) is 35.5. The van der Waals surface area contributed by atoms with Crippen LogP contribution in [0.4, 0.5) is 0 Å². The summed E-state index contributed by atoms with van der Waals surface area (Å²) >= 11 is 1.35. The average Bonchev–Trinajstić information content (AvgIpc) is 3.26. The highest BCUT2D eigenvalue weighted by molar-refractivity contribution is 7.20. The lowest BCUT2D eigenvalue weighted by atomic mass is 10.1. The minimum atomic E-state index is -0.0798. The van der Waals surface area contributed by atoms with E-state index in [4.69, 9.17) is 0 Å². The number of piperazine rings is 1. The van der Waals surface area contributed by atoms with Gasteiger partial charge in [-0.25, -0.2) is 4.98 Å². The number of thiophene rings is 1. The predicted molar refractivity (Wildman–Crippen MR) is 99.3 cm³/mol. The van der Waals surface area contributed by atoms with Gasteiger partial charge in [0.15, 0.2) is 0 Å². The maximum atomic E-state index is 13.0. The van der Waals surface area contributed by atoms with Gasteiger partial charge in [0, 0.05) is 39.3 Å². The molecule has 7 heteroatoms. The second-order valence-corrected chi connectivity index (χ2v) is 8.16. The Morgan fingerprint density at radius 3 is 2.56 bits per heavy atom. The van der Waals surface area contributed by atoms with Crippen molar-refractivity contribution in [3.05, 3.63) is 27.1 Å². The summed E-state index contributed by atoms with van der Waals surface area (Å²) in [5.74, 6) is 0.0497. The fourth-order valence-electron chi connectivity index (χ4n) is 4.12. The second kappa shape index (κ2) is 6.53. The molecule has 0 atom stereocenters. The lowest BCUT2D eigenvalue weighted by molar-refractivity contribution is 0.0577. The lowest BCUT2D eigenvalue weighted by Crippen LogP contribution is -2.51. The molecule has 6 nitrogen and oxygen atoms in total. The number of aryl methyl sites for hydroxylation is 2. The Hall–Kier alpha value is -1.73. The van der Waals surface area contributed by atoms with Gasteiger partial charge in [-0.1, -0.05) is 12.8 Å². The molecule has 3 heterocycles. The summed E-state index contributed by atoms with van der Waals surface area (Å²) in [6, 6.07) is 0.718. The van der Waals surface area contributed by atoms with E-state index in [0.717, 1.165) is 37.8 Å². The summed E-state index contributed by atoms with van der Waals surface area (Å²) in [7, 11) is 1.69. The third kappa shape index (κ3) is 2.89. The van der Waals surface area contributed by atoms with E-state index in [0.29, 0.717) is 15.1 Å². The fourth-order valence-corrected chi connectivity index (χ4v) is 5.22. The number of hydrogen-bond donors (Lipinski definition) is 0. The van der Waals surface area contributed by atoms with Gasteiger partial charge in [0.2, 0.25) is 0 Å². The smallest absolute Gasteiger partial charge is 0.264 e.